The number of hydrogen-bond donors (Lipinski definition) is 2. The number of aryl methyl sites for hydroxylation is 2. The van der Waals surface area contributed by atoms with Crippen LogP contribution in [0.5, 0.6) is 5.75 Å². The standard InChI is InChI=1S/C17H20N2O2/c1-12-6-8-15(16(10-12)21-2)19-17(20)9-7-13-4-3-5-14(18)11-13/h3-6,8,10-11H,7,9,18H2,1-2H3,(H,19,20). The molecule has 0 spiro atoms. The van der Waals surface area contributed by atoms with Crippen LogP contribution >= 0.6 is 0 Å². The first kappa shape index (κ1) is 14.9. The molecule has 1 amide bonds. The Kier molecular flexibility index (Phi) is 4.82. The van der Waals surface area contributed by atoms with E-state index in [2.05, 4.69) is 5.32 Å². The van der Waals surface area contributed by atoms with Gasteiger partial charge in [-0.25, -0.2) is 0 Å². The third-order valence-corrected chi connectivity index (χ3v) is 3.22. The number of benzene rings is 2. The third kappa shape index (κ3) is 4.24. The molecule has 0 bridgehead atoms. The summed E-state index contributed by atoms with van der Waals surface area (Å²) in [5, 5.41) is 2.88. The third-order valence-electron chi connectivity index (χ3n) is 3.22. The van der Waals surface area contributed by atoms with Gasteiger partial charge in [0.05, 0.1) is 12.8 Å². The second kappa shape index (κ2) is 6.79. The van der Waals surface area contributed by atoms with Gasteiger partial charge < -0.3 is 15.8 Å². The van der Waals surface area contributed by atoms with E-state index in [-0.39, 0.29) is 5.91 Å². The molecule has 110 valence electrons. The minimum Gasteiger partial charge on any atom is -0.495 e. The van der Waals surface area contributed by atoms with Crippen molar-refractivity contribution in [2.75, 3.05) is 18.2 Å². The molecule has 0 aliphatic carbocycles. The van der Waals surface area contributed by atoms with Crippen LogP contribution in [0.3, 0.4) is 0 Å². The molecule has 0 aromatic heterocycles. The largest absolute Gasteiger partial charge is 0.495 e. The number of nitrogen functional groups attached to an aromatic ring is 1. The number of carbonyl (C=O) groups excluding carboxylic acids is 1. The summed E-state index contributed by atoms with van der Waals surface area (Å²) in [4.78, 5) is 12.0. The topological polar surface area (TPSA) is 64.3 Å². The summed E-state index contributed by atoms with van der Waals surface area (Å²) in [5.41, 5.74) is 9.28. The van der Waals surface area contributed by atoms with E-state index < -0.39 is 0 Å². The van der Waals surface area contributed by atoms with Crippen LogP contribution in [0.2, 0.25) is 0 Å². The van der Waals surface area contributed by atoms with Crippen molar-refractivity contribution in [3.05, 3.63) is 53.6 Å². The van der Waals surface area contributed by atoms with Crippen molar-refractivity contribution in [1.29, 1.82) is 0 Å². The minimum atomic E-state index is -0.0421. The SMILES string of the molecule is COc1cc(C)ccc1NC(=O)CCc1cccc(N)c1. The van der Waals surface area contributed by atoms with Crippen molar-refractivity contribution in [3.8, 4) is 5.75 Å². The van der Waals surface area contributed by atoms with E-state index in [0.29, 0.717) is 30.0 Å². The summed E-state index contributed by atoms with van der Waals surface area (Å²) in [5.74, 6) is 0.631. The van der Waals surface area contributed by atoms with Gasteiger partial charge in [-0.1, -0.05) is 18.2 Å². The molecule has 0 heterocycles. The molecule has 2 aromatic rings. The van der Waals surface area contributed by atoms with E-state index in [1.165, 1.54) is 0 Å². The molecule has 4 nitrogen and oxygen atoms in total. The monoisotopic (exact) mass is 284 g/mol. The van der Waals surface area contributed by atoms with Crippen LogP contribution in [-0.2, 0) is 11.2 Å². The Morgan fingerprint density at radius 3 is 2.76 bits per heavy atom. The molecule has 0 saturated carbocycles. The molecule has 21 heavy (non-hydrogen) atoms. The molecule has 2 rings (SSSR count). The maximum Gasteiger partial charge on any atom is 0.224 e. The first-order valence-electron chi connectivity index (χ1n) is 6.87. The number of nitrogens with two attached hydrogens (primary N) is 1. The van der Waals surface area contributed by atoms with Crippen LogP contribution in [0.25, 0.3) is 0 Å². The van der Waals surface area contributed by atoms with Crippen LogP contribution in [0, 0.1) is 6.92 Å². The van der Waals surface area contributed by atoms with Gasteiger partial charge in [-0.2, -0.15) is 0 Å². The van der Waals surface area contributed by atoms with Crippen molar-refractivity contribution in [1.82, 2.24) is 0 Å². The maximum absolute atomic E-state index is 12.0. The highest BCUT2D eigenvalue weighted by Gasteiger charge is 2.08. The highest BCUT2D eigenvalue weighted by molar-refractivity contribution is 5.92. The molecule has 0 fully saturated rings. The zero-order valence-electron chi connectivity index (χ0n) is 12.3. The first-order valence-corrected chi connectivity index (χ1v) is 6.87. The van der Waals surface area contributed by atoms with Gasteiger partial charge >= 0.3 is 0 Å². The molecule has 0 radical (unpaired) electrons. The number of amides is 1. The molecular weight excluding hydrogens is 264 g/mol. The summed E-state index contributed by atoms with van der Waals surface area (Å²) in [6.07, 6.45) is 1.06. The normalized spacial score (nSPS) is 10.2. The lowest BCUT2D eigenvalue weighted by Crippen LogP contribution is -2.13. The summed E-state index contributed by atoms with van der Waals surface area (Å²) in [7, 11) is 1.59. The van der Waals surface area contributed by atoms with Crippen molar-refractivity contribution in [3.63, 3.8) is 0 Å². The van der Waals surface area contributed by atoms with Gasteiger partial charge in [0.25, 0.3) is 0 Å². The molecule has 0 saturated heterocycles. The fraction of sp³-hybridized carbons (Fsp3) is 0.235. The summed E-state index contributed by atoms with van der Waals surface area (Å²) >= 11 is 0. The molecule has 4 heteroatoms. The van der Waals surface area contributed by atoms with Crippen LogP contribution in [-0.4, -0.2) is 13.0 Å². The molecule has 0 atom stereocenters. The Bertz CT molecular complexity index is 638. The average Bonchev–Trinajstić information content (AvgIpc) is 2.47. The van der Waals surface area contributed by atoms with Gasteiger partial charge in [0, 0.05) is 12.1 Å². The quantitative estimate of drug-likeness (QED) is 0.829. The van der Waals surface area contributed by atoms with Crippen LogP contribution in [0.4, 0.5) is 11.4 Å². The highest BCUT2D eigenvalue weighted by Crippen LogP contribution is 2.25. The van der Waals surface area contributed by atoms with E-state index in [0.717, 1.165) is 11.1 Å². The van der Waals surface area contributed by atoms with Gasteiger partial charge in [0.15, 0.2) is 0 Å². The van der Waals surface area contributed by atoms with E-state index in [4.69, 9.17) is 10.5 Å². The maximum atomic E-state index is 12.0. The number of hydrogen-bond acceptors (Lipinski definition) is 3. The molecule has 0 aliphatic heterocycles. The summed E-state index contributed by atoms with van der Waals surface area (Å²) in [6.45, 7) is 1.98. The molecule has 0 aliphatic rings. The lowest BCUT2D eigenvalue weighted by atomic mass is 10.1. The van der Waals surface area contributed by atoms with Gasteiger partial charge in [0.1, 0.15) is 5.75 Å². The number of ether oxygens (including phenoxy) is 1. The van der Waals surface area contributed by atoms with Gasteiger partial charge in [-0.05, 0) is 48.7 Å². The number of methoxy groups -OCH3 is 1. The van der Waals surface area contributed by atoms with E-state index in [1.807, 2.05) is 49.4 Å². The lowest BCUT2D eigenvalue weighted by molar-refractivity contribution is -0.116. The second-order valence-corrected chi connectivity index (χ2v) is 5.00. The lowest BCUT2D eigenvalue weighted by Gasteiger charge is -2.11. The fourth-order valence-corrected chi connectivity index (χ4v) is 2.12. The molecular formula is C17H20N2O2. The molecule has 3 N–H and O–H groups in total. The number of rotatable bonds is 5. The second-order valence-electron chi connectivity index (χ2n) is 5.00. The smallest absolute Gasteiger partial charge is 0.224 e. The predicted octanol–water partition coefficient (Wildman–Crippen LogP) is 3.16. The van der Waals surface area contributed by atoms with E-state index >= 15 is 0 Å². The van der Waals surface area contributed by atoms with Crippen LogP contribution < -0.4 is 15.8 Å². The zero-order valence-corrected chi connectivity index (χ0v) is 12.3. The van der Waals surface area contributed by atoms with Gasteiger partial charge in [0.2, 0.25) is 5.91 Å². The van der Waals surface area contributed by atoms with Crippen molar-refractivity contribution < 1.29 is 9.53 Å². The Balaban J connectivity index is 1.96. The first-order chi connectivity index (χ1) is 10.1. The number of carbonyl (C=O) groups is 1. The molecule has 0 unspecified atom stereocenters. The Labute approximate surface area is 124 Å². The molecule has 2 aromatic carbocycles. The number of nitrogens with one attached hydrogen (secondary N) is 1. The highest BCUT2D eigenvalue weighted by atomic mass is 16.5. The van der Waals surface area contributed by atoms with Gasteiger partial charge in [-0.3, -0.25) is 4.79 Å². The summed E-state index contributed by atoms with van der Waals surface area (Å²) < 4.78 is 5.27. The Hall–Kier alpha value is -2.49. The van der Waals surface area contributed by atoms with Crippen LogP contribution in [0.15, 0.2) is 42.5 Å². The van der Waals surface area contributed by atoms with Crippen molar-refractivity contribution in [2.45, 2.75) is 19.8 Å². The fourth-order valence-electron chi connectivity index (χ4n) is 2.12. The Morgan fingerprint density at radius 2 is 2.05 bits per heavy atom. The van der Waals surface area contributed by atoms with Crippen molar-refractivity contribution in [2.24, 2.45) is 0 Å². The number of anilines is 2. The van der Waals surface area contributed by atoms with E-state index in [1.54, 1.807) is 7.11 Å². The van der Waals surface area contributed by atoms with Crippen molar-refractivity contribution >= 4 is 17.3 Å². The van der Waals surface area contributed by atoms with Gasteiger partial charge in [-0.15, -0.1) is 0 Å². The minimum absolute atomic E-state index is 0.0421. The Morgan fingerprint density at radius 1 is 1.24 bits per heavy atom. The average molecular weight is 284 g/mol. The van der Waals surface area contributed by atoms with E-state index in [9.17, 15) is 4.79 Å². The predicted molar refractivity (Wildman–Crippen MR) is 85.5 cm³/mol. The van der Waals surface area contributed by atoms with Crippen LogP contribution in [0.1, 0.15) is 17.5 Å². The zero-order chi connectivity index (χ0) is 15.2. The summed E-state index contributed by atoms with van der Waals surface area (Å²) in [6, 6.07) is 13.3.